The van der Waals surface area contributed by atoms with Crippen LogP contribution in [-0.4, -0.2) is 23.7 Å². The quantitative estimate of drug-likeness (QED) is 0.475. The van der Waals surface area contributed by atoms with Crippen molar-refractivity contribution in [2.24, 2.45) is 5.41 Å². The molecule has 0 atom stereocenters. The van der Waals surface area contributed by atoms with E-state index in [0.717, 1.165) is 0 Å². The van der Waals surface area contributed by atoms with E-state index in [-0.39, 0.29) is 45.9 Å². The van der Waals surface area contributed by atoms with Crippen LogP contribution in [0, 0.1) is 11.5 Å². The normalized spacial score (nSPS) is 19.6. The Balaban J connectivity index is 0. The molecule has 0 nitrogen and oxygen atoms in total. The molecule has 0 spiro atoms. The average Bonchev–Trinajstić information content (AvgIpc) is 1.95. The summed E-state index contributed by atoms with van der Waals surface area (Å²) in [6.45, 7) is 10.9. The molecule has 0 unspecified atom stereocenters. The van der Waals surface area contributed by atoms with Crippen molar-refractivity contribution < 1.29 is 16.8 Å². The molecule has 12 heavy (non-hydrogen) atoms. The predicted molar refractivity (Wildman–Crippen MR) is 50.3 cm³/mol. The molecule has 0 aromatic carbocycles. The van der Waals surface area contributed by atoms with Crippen molar-refractivity contribution in [1.82, 2.24) is 0 Å². The monoisotopic (exact) mass is 324 g/mol. The Hall–Kier alpha value is 0.776. The van der Waals surface area contributed by atoms with Crippen molar-refractivity contribution in [1.29, 1.82) is 0 Å². The zero-order chi connectivity index (χ0) is 7.94. The molecule has 2 heteroatoms. The van der Waals surface area contributed by atoms with Crippen LogP contribution in [0.5, 0.6) is 0 Å². The van der Waals surface area contributed by atoms with E-state index in [0.29, 0.717) is 0 Å². The first kappa shape index (κ1) is 15.3. The molecule has 0 aliphatic heterocycles. The zero-order valence-electron chi connectivity index (χ0n) is 8.24. The van der Waals surface area contributed by atoms with Gasteiger partial charge in [0.25, 0.3) is 0 Å². The van der Waals surface area contributed by atoms with Crippen LogP contribution in [0.4, 0.5) is 0 Å². The molecule has 0 aromatic heterocycles. The zero-order valence-corrected chi connectivity index (χ0v) is 11.6. The summed E-state index contributed by atoms with van der Waals surface area (Å²) >= 11 is 0. The Morgan fingerprint density at radius 2 is 1.50 bits per heavy atom. The topological polar surface area (TPSA) is 0 Å². The van der Waals surface area contributed by atoms with Gasteiger partial charge in [0.15, 0.2) is 0 Å². The van der Waals surface area contributed by atoms with Crippen molar-refractivity contribution in [2.75, 3.05) is 0 Å². The third kappa shape index (κ3) is 2.63. The molecule has 0 amide bonds. The van der Waals surface area contributed by atoms with Gasteiger partial charge in [-0.3, -0.25) is 6.08 Å². The van der Waals surface area contributed by atoms with Gasteiger partial charge in [-0.05, 0) is 0 Å². The second kappa shape index (κ2) is 4.86. The van der Waals surface area contributed by atoms with E-state index in [2.05, 4.69) is 40.7 Å². The molecule has 71 valence electrons. The van der Waals surface area contributed by atoms with Crippen molar-refractivity contribution in [3.05, 3.63) is 22.8 Å². The summed E-state index contributed by atoms with van der Waals surface area (Å²) in [5, 5.41) is 0. The van der Waals surface area contributed by atoms with Crippen LogP contribution in [0.15, 0.2) is 16.7 Å². The van der Waals surface area contributed by atoms with E-state index in [1.54, 1.807) is 0 Å². The van der Waals surface area contributed by atoms with Gasteiger partial charge in [0.2, 0.25) is 0 Å². The van der Waals surface area contributed by atoms with Crippen molar-refractivity contribution in [3.63, 3.8) is 0 Å². The van der Waals surface area contributed by atoms with E-state index in [4.69, 9.17) is 0 Å². The van der Waals surface area contributed by atoms with Crippen LogP contribution in [-0.2, 0) is 16.8 Å². The van der Waals surface area contributed by atoms with Gasteiger partial charge in [-0.15, -0.1) is 6.92 Å². The van der Waals surface area contributed by atoms with E-state index >= 15 is 0 Å². The van der Waals surface area contributed by atoms with E-state index in [1.807, 2.05) is 0 Å². The molecule has 0 N–H and O–H groups in total. The molecule has 0 saturated heterocycles. The Labute approximate surface area is 103 Å². The molecular formula is C10H15CoTe-. The molecule has 1 rings (SSSR count). The standard InChI is InChI=1S/C10H15.Co.Te/c1-7-6-10(4,5)9(3)8(7)2;;/h1-5H3;;/q-1;;. The molecule has 3 radical (unpaired) electrons. The van der Waals surface area contributed by atoms with Crippen LogP contribution in [0.1, 0.15) is 34.6 Å². The Morgan fingerprint density at radius 3 is 1.58 bits per heavy atom. The van der Waals surface area contributed by atoms with Crippen LogP contribution in [0.2, 0.25) is 0 Å². The van der Waals surface area contributed by atoms with Gasteiger partial charge in [0.05, 0.1) is 0 Å². The van der Waals surface area contributed by atoms with E-state index < -0.39 is 0 Å². The van der Waals surface area contributed by atoms with Crippen LogP contribution in [0.3, 0.4) is 0 Å². The molecule has 1 aliphatic rings. The summed E-state index contributed by atoms with van der Waals surface area (Å²) < 4.78 is 0. The Kier molecular flexibility index (Phi) is 6.18. The van der Waals surface area contributed by atoms with Gasteiger partial charge >= 0.3 is 0 Å². The Morgan fingerprint density at radius 1 is 1.08 bits per heavy atom. The summed E-state index contributed by atoms with van der Waals surface area (Å²) in [6, 6.07) is 0. The second-order valence-corrected chi connectivity index (χ2v) is 3.62. The molecule has 0 bridgehead atoms. The van der Waals surface area contributed by atoms with Crippen LogP contribution in [0.25, 0.3) is 0 Å². The van der Waals surface area contributed by atoms with Gasteiger partial charge in [-0.1, -0.05) is 33.1 Å². The maximum atomic E-state index is 3.44. The molecule has 0 aromatic rings. The van der Waals surface area contributed by atoms with E-state index in [1.165, 1.54) is 16.7 Å². The SMILES string of the molecule is CC1=[C-]C(C)(C)C(C)=C1C.[Co].[Te]. The Bertz CT molecular complexity index is 224. The van der Waals surface area contributed by atoms with Gasteiger partial charge in [-0.25, -0.2) is 5.57 Å². The maximum Gasteiger partial charge on any atom is 0 e. The summed E-state index contributed by atoms with van der Waals surface area (Å²) in [5.74, 6) is 0. The first-order chi connectivity index (χ1) is 4.45. The maximum absolute atomic E-state index is 3.44. The van der Waals surface area contributed by atoms with E-state index in [9.17, 15) is 0 Å². The first-order valence-electron chi connectivity index (χ1n) is 3.75. The number of rotatable bonds is 0. The average molecular weight is 322 g/mol. The number of allylic oxidation sites excluding steroid dienone is 4. The summed E-state index contributed by atoms with van der Waals surface area (Å²) in [7, 11) is 0. The van der Waals surface area contributed by atoms with Gasteiger partial charge < -0.3 is 0 Å². The largest absolute Gasteiger partial charge is 0.263 e. The fourth-order valence-corrected chi connectivity index (χ4v) is 1.41. The minimum Gasteiger partial charge on any atom is -0.263 e. The van der Waals surface area contributed by atoms with Gasteiger partial charge in [0.1, 0.15) is 0 Å². The summed E-state index contributed by atoms with van der Waals surface area (Å²) in [4.78, 5) is 0. The molecule has 0 heterocycles. The van der Waals surface area contributed by atoms with Crippen LogP contribution >= 0.6 is 0 Å². The van der Waals surface area contributed by atoms with Crippen molar-refractivity contribution in [3.8, 4) is 0 Å². The fraction of sp³-hybridized carbons (Fsp3) is 0.600. The fourth-order valence-electron chi connectivity index (χ4n) is 1.41. The van der Waals surface area contributed by atoms with Gasteiger partial charge in [0, 0.05) is 40.4 Å². The van der Waals surface area contributed by atoms with Crippen molar-refractivity contribution >= 4 is 23.7 Å². The molecular weight excluding hydrogens is 307 g/mol. The third-order valence-corrected chi connectivity index (χ3v) is 2.56. The van der Waals surface area contributed by atoms with Gasteiger partial charge in [-0.2, -0.15) is 11.1 Å². The number of hydrogen-bond acceptors (Lipinski definition) is 0. The molecule has 0 saturated carbocycles. The number of hydrogen-bond donors (Lipinski definition) is 0. The third-order valence-electron chi connectivity index (χ3n) is 2.56. The van der Waals surface area contributed by atoms with Crippen LogP contribution < -0.4 is 0 Å². The predicted octanol–water partition coefficient (Wildman–Crippen LogP) is 2.73. The minimum atomic E-state index is 0. The molecule has 0 fully saturated rings. The first-order valence-corrected chi connectivity index (χ1v) is 3.75. The molecule has 1 aliphatic carbocycles. The summed E-state index contributed by atoms with van der Waals surface area (Å²) in [6.07, 6.45) is 3.44. The minimum absolute atomic E-state index is 0. The summed E-state index contributed by atoms with van der Waals surface area (Å²) in [5.41, 5.74) is 4.39. The second-order valence-electron chi connectivity index (χ2n) is 3.62. The smallest absolute Gasteiger partial charge is 0 e. The van der Waals surface area contributed by atoms with Crippen molar-refractivity contribution in [2.45, 2.75) is 34.6 Å².